The highest BCUT2D eigenvalue weighted by Gasteiger charge is 2.20. The fourth-order valence-electron chi connectivity index (χ4n) is 3.28. The fraction of sp³-hybridized carbons (Fsp3) is 0.261. The molecule has 5 N–H and O–H groups in total. The maximum Gasteiger partial charge on any atom is 0.221 e. The smallest absolute Gasteiger partial charge is 0.221 e. The molecular weight excluding hydrogens is 392 g/mol. The number of allylic oxidation sites excluding steroid dienone is 5. The van der Waals surface area contributed by atoms with E-state index in [1.807, 2.05) is 62.4 Å². The Morgan fingerprint density at radius 2 is 1.97 bits per heavy atom. The third-order valence-corrected chi connectivity index (χ3v) is 4.74. The summed E-state index contributed by atoms with van der Waals surface area (Å²) in [6, 6.07) is 9.60. The van der Waals surface area contributed by atoms with Gasteiger partial charge in [0.15, 0.2) is 0 Å². The van der Waals surface area contributed by atoms with E-state index in [-0.39, 0.29) is 19.1 Å². The topological polar surface area (TPSA) is 118 Å². The predicted octanol–water partition coefficient (Wildman–Crippen LogP) is 2.67. The minimum Gasteiger partial charge on any atom is -0.394 e. The minimum atomic E-state index is -0.193. The number of carbonyl (C=O) groups is 1. The Balaban J connectivity index is 2.13. The predicted molar refractivity (Wildman–Crippen MR) is 124 cm³/mol. The number of hydrogen-bond donors (Lipinski definition) is 4. The molecule has 8 nitrogen and oxygen atoms in total. The molecule has 31 heavy (non-hydrogen) atoms. The molecule has 1 aliphatic rings. The van der Waals surface area contributed by atoms with Gasteiger partial charge in [0, 0.05) is 24.7 Å². The number of rotatable bonds is 7. The van der Waals surface area contributed by atoms with Gasteiger partial charge in [0.1, 0.15) is 17.2 Å². The first-order chi connectivity index (χ1) is 14.9. The van der Waals surface area contributed by atoms with Crippen LogP contribution in [-0.2, 0) is 11.3 Å². The number of anilines is 1. The van der Waals surface area contributed by atoms with Crippen LogP contribution in [0.25, 0.3) is 11.3 Å². The standard InChI is InChI=1S/C23H28N6O2/c1-4-25-15(2)18-10-11-19(20(14-18)26-16(3)31)27-22-21(17-8-6-5-7-9-17)28-29(12-13-30)23(22)24/h5-11,14,25,30H,4,12-13,24H2,1-3H3,(H,26,31). The Labute approximate surface area is 181 Å². The summed E-state index contributed by atoms with van der Waals surface area (Å²) < 4.78 is 1.54. The van der Waals surface area contributed by atoms with Crippen molar-refractivity contribution < 1.29 is 9.90 Å². The van der Waals surface area contributed by atoms with Crippen LogP contribution in [0.4, 0.5) is 11.5 Å². The van der Waals surface area contributed by atoms with Gasteiger partial charge in [-0.2, -0.15) is 5.10 Å². The van der Waals surface area contributed by atoms with Crippen molar-refractivity contribution in [2.24, 2.45) is 4.99 Å². The second-order valence-corrected chi connectivity index (χ2v) is 7.08. The normalized spacial score (nSPS) is 16.3. The molecule has 0 aliphatic heterocycles. The first-order valence-electron chi connectivity index (χ1n) is 10.2. The fourth-order valence-corrected chi connectivity index (χ4v) is 3.28. The number of nitrogens with two attached hydrogens (primary N) is 1. The first kappa shape index (κ1) is 22.0. The second-order valence-electron chi connectivity index (χ2n) is 7.08. The number of aliphatic hydroxyl groups is 1. The van der Waals surface area contributed by atoms with Crippen LogP contribution in [0.1, 0.15) is 20.8 Å². The van der Waals surface area contributed by atoms with Crippen LogP contribution in [-0.4, -0.2) is 39.7 Å². The maximum atomic E-state index is 11.8. The summed E-state index contributed by atoms with van der Waals surface area (Å²) >= 11 is 0. The van der Waals surface area contributed by atoms with Gasteiger partial charge in [-0.1, -0.05) is 36.4 Å². The summed E-state index contributed by atoms with van der Waals surface area (Å²) in [5, 5.41) is 20.1. The van der Waals surface area contributed by atoms with E-state index in [1.165, 1.54) is 11.6 Å². The van der Waals surface area contributed by atoms with Crippen LogP contribution in [0, 0.1) is 0 Å². The zero-order chi connectivity index (χ0) is 22.4. The average Bonchev–Trinajstić information content (AvgIpc) is 3.05. The molecule has 1 heterocycles. The van der Waals surface area contributed by atoms with Crippen molar-refractivity contribution in [3.8, 4) is 11.3 Å². The van der Waals surface area contributed by atoms with Crippen molar-refractivity contribution in [3.05, 3.63) is 65.5 Å². The highest BCUT2D eigenvalue weighted by Crippen LogP contribution is 2.35. The third kappa shape index (κ3) is 5.10. The molecule has 0 spiro atoms. The zero-order valence-corrected chi connectivity index (χ0v) is 18.0. The third-order valence-electron chi connectivity index (χ3n) is 4.74. The summed E-state index contributed by atoms with van der Waals surface area (Å²) in [4.78, 5) is 16.6. The highest BCUT2D eigenvalue weighted by molar-refractivity contribution is 6.13. The van der Waals surface area contributed by atoms with Crippen molar-refractivity contribution in [2.45, 2.75) is 27.3 Å². The summed E-state index contributed by atoms with van der Waals surface area (Å²) in [7, 11) is 0. The Morgan fingerprint density at radius 3 is 2.61 bits per heavy atom. The number of aliphatic imine (C=N–C) groups is 1. The van der Waals surface area contributed by atoms with E-state index in [1.54, 1.807) is 0 Å². The Kier molecular flexibility index (Phi) is 7.04. The van der Waals surface area contributed by atoms with E-state index < -0.39 is 0 Å². The van der Waals surface area contributed by atoms with Gasteiger partial charge in [-0.15, -0.1) is 0 Å². The number of nitrogens with one attached hydrogen (secondary N) is 2. The number of aliphatic hydroxyl groups excluding tert-OH is 1. The summed E-state index contributed by atoms with van der Waals surface area (Å²) in [5.74, 6) is 0.156. The lowest BCUT2D eigenvalue weighted by Gasteiger charge is -2.16. The van der Waals surface area contributed by atoms with Crippen molar-refractivity contribution >= 4 is 23.1 Å². The minimum absolute atomic E-state index is 0.0923. The number of nitrogens with zero attached hydrogens (tertiary/aromatic N) is 3. The molecule has 1 aliphatic carbocycles. The Bertz CT molecular complexity index is 1080. The lowest BCUT2D eigenvalue weighted by atomic mass is 10.0. The number of benzene rings is 1. The molecule has 0 fully saturated rings. The van der Waals surface area contributed by atoms with Crippen LogP contribution in [0.5, 0.6) is 0 Å². The molecule has 8 heteroatoms. The molecule has 1 amide bonds. The number of aromatic nitrogens is 2. The average molecular weight is 421 g/mol. The largest absolute Gasteiger partial charge is 0.394 e. The molecule has 2 aromatic rings. The van der Waals surface area contributed by atoms with Crippen molar-refractivity contribution in [1.29, 1.82) is 0 Å². The first-order valence-corrected chi connectivity index (χ1v) is 10.2. The van der Waals surface area contributed by atoms with E-state index in [9.17, 15) is 9.90 Å². The lowest BCUT2D eigenvalue weighted by molar-refractivity contribution is -0.118. The van der Waals surface area contributed by atoms with E-state index in [0.29, 0.717) is 28.6 Å². The second kappa shape index (κ2) is 9.90. The quantitative estimate of drug-likeness (QED) is 0.549. The van der Waals surface area contributed by atoms with Crippen LogP contribution < -0.4 is 16.4 Å². The van der Waals surface area contributed by atoms with E-state index in [0.717, 1.165) is 23.4 Å². The van der Waals surface area contributed by atoms with E-state index in [2.05, 4.69) is 15.7 Å². The van der Waals surface area contributed by atoms with Crippen LogP contribution >= 0.6 is 0 Å². The molecule has 162 valence electrons. The van der Waals surface area contributed by atoms with Crippen LogP contribution in [0.2, 0.25) is 0 Å². The van der Waals surface area contributed by atoms with Gasteiger partial charge in [0.05, 0.1) is 24.6 Å². The van der Waals surface area contributed by atoms with Crippen LogP contribution in [0.15, 0.2) is 70.5 Å². The summed E-state index contributed by atoms with van der Waals surface area (Å²) in [5.41, 5.74) is 11.4. The number of carbonyl (C=O) groups excluding carboxylic acids is 1. The molecular formula is C23H28N6O2. The lowest BCUT2D eigenvalue weighted by Crippen LogP contribution is -2.26. The van der Waals surface area contributed by atoms with Gasteiger partial charge in [-0.05, 0) is 31.6 Å². The van der Waals surface area contributed by atoms with Crippen LogP contribution in [0.3, 0.4) is 0 Å². The van der Waals surface area contributed by atoms with Crippen molar-refractivity contribution in [2.75, 3.05) is 18.9 Å². The molecule has 0 atom stereocenters. The molecule has 0 saturated carbocycles. The van der Waals surface area contributed by atoms with Gasteiger partial charge in [-0.3, -0.25) is 4.79 Å². The van der Waals surface area contributed by atoms with Crippen molar-refractivity contribution in [3.63, 3.8) is 0 Å². The van der Waals surface area contributed by atoms with E-state index >= 15 is 0 Å². The maximum absolute atomic E-state index is 11.8. The molecule has 0 saturated heterocycles. The number of nitrogen functional groups attached to an aromatic ring is 1. The van der Waals surface area contributed by atoms with Gasteiger partial charge in [0.25, 0.3) is 0 Å². The van der Waals surface area contributed by atoms with E-state index in [4.69, 9.17) is 10.7 Å². The Morgan fingerprint density at radius 1 is 1.23 bits per heavy atom. The molecule has 0 radical (unpaired) electrons. The zero-order valence-electron chi connectivity index (χ0n) is 18.0. The monoisotopic (exact) mass is 420 g/mol. The molecule has 0 unspecified atom stereocenters. The van der Waals surface area contributed by atoms with Gasteiger partial charge in [0.2, 0.25) is 5.91 Å². The van der Waals surface area contributed by atoms with Gasteiger partial charge >= 0.3 is 0 Å². The Hall–Kier alpha value is -3.65. The summed E-state index contributed by atoms with van der Waals surface area (Å²) in [6.45, 7) is 6.44. The molecule has 3 rings (SSSR count). The number of amides is 1. The molecule has 0 bridgehead atoms. The number of hydrogen-bond acceptors (Lipinski definition) is 6. The summed E-state index contributed by atoms with van der Waals surface area (Å²) in [6.07, 6.45) is 5.67. The van der Waals surface area contributed by atoms with Gasteiger partial charge in [-0.25, -0.2) is 9.67 Å². The highest BCUT2D eigenvalue weighted by atomic mass is 16.3. The molecule has 1 aromatic heterocycles. The van der Waals surface area contributed by atoms with Crippen molar-refractivity contribution in [1.82, 2.24) is 20.4 Å². The van der Waals surface area contributed by atoms with Gasteiger partial charge < -0.3 is 21.5 Å². The molecule has 1 aromatic carbocycles. The SMILES string of the molecule is CCNC(C)=C1C=CC(=Nc2c(-c3ccccc3)nn(CCO)c2N)C(NC(C)=O)=C1.